The minimum Gasteiger partial charge on any atom is -0.391 e. The Morgan fingerprint density at radius 2 is 1.92 bits per heavy atom. The number of nitrogens with zero attached hydrogens (tertiary/aromatic N) is 1. The summed E-state index contributed by atoms with van der Waals surface area (Å²) in [7, 11) is 0. The number of primary amides is 1. The van der Waals surface area contributed by atoms with Crippen LogP contribution in [0.2, 0.25) is 0 Å². The molecule has 0 saturated carbocycles. The largest absolute Gasteiger partial charge is 0.391 e. The van der Waals surface area contributed by atoms with Gasteiger partial charge in [0.1, 0.15) is 5.25 Å². The minimum absolute atomic E-state index is 0.0511. The van der Waals surface area contributed by atoms with Crippen molar-refractivity contribution in [1.82, 2.24) is 5.32 Å². The van der Waals surface area contributed by atoms with Crippen LogP contribution in [0.4, 0.5) is 5.69 Å². The summed E-state index contributed by atoms with van der Waals surface area (Å²) in [5, 5.41) is 13.3. The van der Waals surface area contributed by atoms with Gasteiger partial charge >= 0.3 is 0 Å². The zero-order chi connectivity index (χ0) is 27.0. The van der Waals surface area contributed by atoms with Gasteiger partial charge < -0.3 is 26.8 Å². The summed E-state index contributed by atoms with van der Waals surface area (Å²) >= 11 is 1.38. The van der Waals surface area contributed by atoms with Crippen molar-refractivity contribution in [2.75, 3.05) is 18.0 Å². The number of hydrogen-bond donors (Lipinski definition) is 4. The number of hydrogen-bond acceptors (Lipinski definition) is 6. The summed E-state index contributed by atoms with van der Waals surface area (Å²) in [5.41, 5.74) is 12.2. The first-order chi connectivity index (χ1) is 16.9. The smallest absolute Gasteiger partial charge is 0.232 e. The third-order valence-electron chi connectivity index (χ3n) is 6.77. The predicted molar refractivity (Wildman–Crippen MR) is 145 cm³/mol. The molecular formula is C27H44N4O4S. The van der Waals surface area contributed by atoms with Gasteiger partial charge in [-0.3, -0.25) is 14.4 Å². The Labute approximate surface area is 219 Å². The number of amides is 3. The number of benzene rings is 1. The second-order valence-electron chi connectivity index (χ2n) is 11.0. The molecule has 0 bridgehead atoms. The van der Waals surface area contributed by atoms with Crippen LogP contribution in [0.5, 0.6) is 0 Å². The molecule has 0 aliphatic carbocycles. The van der Waals surface area contributed by atoms with E-state index in [9.17, 15) is 19.5 Å². The number of carbonyl (C=O) groups excluding carboxylic acids is 3. The van der Waals surface area contributed by atoms with Crippen LogP contribution in [0.25, 0.3) is 0 Å². The number of para-hydroxylation sites is 1. The van der Waals surface area contributed by atoms with Gasteiger partial charge in [0.05, 0.1) is 11.8 Å². The van der Waals surface area contributed by atoms with Crippen LogP contribution in [-0.4, -0.2) is 53.3 Å². The Morgan fingerprint density at radius 3 is 2.53 bits per heavy atom. The number of aliphatic hydroxyl groups is 1. The molecule has 4 atom stereocenters. The minimum atomic E-state index is -0.866. The van der Waals surface area contributed by atoms with Crippen LogP contribution in [0.3, 0.4) is 0 Å². The number of rotatable bonds is 13. The monoisotopic (exact) mass is 520 g/mol. The molecule has 0 unspecified atom stereocenters. The summed E-state index contributed by atoms with van der Waals surface area (Å²) < 4.78 is 0. The van der Waals surface area contributed by atoms with Crippen molar-refractivity contribution in [3.05, 3.63) is 24.3 Å². The average molecular weight is 521 g/mol. The Balaban J connectivity index is 2.03. The summed E-state index contributed by atoms with van der Waals surface area (Å²) in [6.07, 6.45) is 1.93. The number of nitrogens with one attached hydrogen (secondary N) is 1. The van der Waals surface area contributed by atoms with Crippen molar-refractivity contribution in [3.8, 4) is 0 Å². The van der Waals surface area contributed by atoms with E-state index in [-0.39, 0.29) is 43.0 Å². The third-order valence-corrected chi connectivity index (χ3v) is 8.04. The zero-order valence-electron chi connectivity index (χ0n) is 22.3. The molecular weight excluding hydrogens is 476 g/mol. The number of aliphatic hydroxyl groups excluding tert-OH is 1. The van der Waals surface area contributed by atoms with E-state index in [4.69, 9.17) is 11.5 Å². The second kappa shape index (κ2) is 13.4. The van der Waals surface area contributed by atoms with Gasteiger partial charge in [-0.2, -0.15) is 0 Å². The van der Waals surface area contributed by atoms with E-state index in [0.29, 0.717) is 13.0 Å². The van der Waals surface area contributed by atoms with E-state index in [1.807, 2.05) is 52.0 Å². The van der Waals surface area contributed by atoms with Crippen molar-refractivity contribution < 1.29 is 19.5 Å². The van der Waals surface area contributed by atoms with Gasteiger partial charge in [-0.15, -0.1) is 11.8 Å². The molecule has 0 radical (unpaired) electrons. The van der Waals surface area contributed by atoms with E-state index in [0.717, 1.165) is 23.4 Å². The highest BCUT2D eigenvalue weighted by atomic mass is 32.2. The maximum atomic E-state index is 13.4. The first-order valence-electron chi connectivity index (χ1n) is 12.9. The number of nitrogens with two attached hydrogens (primary N) is 2. The van der Waals surface area contributed by atoms with E-state index >= 15 is 0 Å². The number of fused-ring (bicyclic) bond motifs is 1. The molecule has 36 heavy (non-hydrogen) atoms. The standard InChI is InChI=1S/C27H44N4O4S/c1-6-7-12-30-26(35)18(17(2)3)13-21(32)19(28)14-27(4,5)15-24(33)31-16-23(25(29)34)36-22-11-9-8-10-20(22)31/h8-11,17-19,21,23,32H,6-7,12-16,28H2,1-5H3,(H2,29,34)(H,30,35)/t18-,19+,21+,23-/m1/s1. The first kappa shape index (κ1) is 30.1. The third kappa shape index (κ3) is 8.49. The highest BCUT2D eigenvalue weighted by molar-refractivity contribution is 8.00. The van der Waals surface area contributed by atoms with Crippen molar-refractivity contribution in [3.63, 3.8) is 0 Å². The van der Waals surface area contributed by atoms with E-state index in [1.165, 1.54) is 11.8 Å². The molecule has 1 heterocycles. The maximum absolute atomic E-state index is 13.4. The SMILES string of the molecule is CCCCNC(=O)[C@H](C[C@H](O)[C@@H](N)CC(C)(C)CC(=O)N1C[C@H](C(N)=O)Sc2ccccc21)C(C)C. The number of unbranched alkanes of at least 4 members (excludes halogenated alkanes) is 1. The van der Waals surface area contributed by atoms with E-state index in [2.05, 4.69) is 12.2 Å². The van der Waals surface area contributed by atoms with Crippen molar-refractivity contribution in [2.45, 2.75) is 89.0 Å². The lowest BCUT2D eigenvalue weighted by Crippen LogP contribution is -2.47. The Hall–Kier alpha value is -2.10. The number of anilines is 1. The Morgan fingerprint density at radius 1 is 1.25 bits per heavy atom. The molecule has 0 spiro atoms. The van der Waals surface area contributed by atoms with Gasteiger partial charge in [-0.05, 0) is 42.7 Å². The van der Waals surface area contributed by atoms with Crippen molar-refractivity contribution in [1.29, 1.82) is 0 Å². The van der Waals surface area contributed by atoms with Gasteiger partial charge in [0.2, 0.25) is 17.7 Å². The predicted octanol–water partition coefficient (Wildman–Crippen LogP) is 3.05. The summed E-state index contributed by atoms with van der Waals surface area (Å²) in [6.45, 7) is 10.8. The van der Waals surface area contributed by atoms with Crippen LogP contribution in [-0.2, 0) is 14.4 Å². The van der Waals surface area contributed by atoms with E-state index in [1.54, 1.807) is 4.90 Å². The van der Waals surface area contributed by atoms with Crippen LogP contribution >= 0.6 is 11.8 Å². The number of thioether (sulfide) groups is 1. The molecule has 6 N–H and O–H groups in total. The molecule has 3 amide bonds. The topological polar surface area (TPSA) is 139 Å². The van der Waals surface area contributed by atoms with Crippen LogP contribution < -0.4 is 21.7 Å². The molecule has 2 rings (SSSR count). The van der Waals surface area contributed by atoms with Crippen LogP contribution in [0.15, 0.2) is 29.2 Å². The molecule has 1 aliphatic heterocycles. The fourth-order valence-corrected chi connectivity index (χ4v) is 5.71. The van der Waals surface area contributed by atoms with Crippen molar-refractivity contribution >= 4 is 35.2 Å². The van der Waals surface area contributed by atoms with Crippen LogP contribution in [0.1, 0.15) is 66.7 Å². The average Bonchev–Trinajstić information content (AvgIpc) is 2.80. The second-order valence-corrected chi connectivity index (χ2v) is 12.2. The lowest BCUT2D eigenvalue weighted by Gasteiger charge is -2.36. The van der Waals surface area contributed by atoms with Gasteiger partial charge in [0.15, 0.2) is 0 Å². The molecule has 0 saturated heterocycles. The maximum Gasteiger partial charge on any atom is 0.232 e. The molecule has 1 aromatic rings. The van der Waals surface area contributed by atoms with E-state index < -0.39 is 28.7 Å². The lowest BCUT2D eigenvalue weighted by molar-refractivity contribution is -0.127. The highest BCUT2D eigenvalue weighted by Crippen LogP contribution is 2.40. The molecule has 0 aromatic heterocycles. The van der Waals surface area contributed by atoms with Gasteiger partial charge in [-0.1, -0.05) is 53.2 Å². The quantitative estimate of drug-likeness (QED) is 0.295. The normalized spacial score (nSPS) is 18.3. The summed E-state index contributed by atoms with van der Waals surface area (Å²) in [5.74, 6) is -0.880. The highest BCUT2D eigenvalue weighted by Gasteiger charge is 2.36. The Kier molecular flexibility index (Phi) is 11.3. The first-order valence-corrected chi connectivity index (χ1v) is 13.8. The fourth-order valence-electron chi connectivity index (χ4n) is 4.61. The van der Waals surface area contributed by atoms with Crippen molar-refractivity contribution in [2.24, 2.45) is 28.7 Å². The van der Waals surface area contributed by atoms with Gasteiger partial charge in [0.25, 0.3) is 0 Å². The molecule has 1 aromatic carbocycles. The zero-order valence-corrected chi connectivity index (χ0v) is 23.1. The Bertz CT molecular complexity index is 908. The van der Waals surface area contributed by atoms with Gasteiger partial charge in [0, 0.05) is 36.4 Å². The van der Waals surface area contributed by atoms with Gasteiger partial charge in [-0.25, -0.2) is 0 Å². The van der Waals surface area contributed by atoms with Crippen LogP contribution in [0, 0.1) is 17.3 Å². The lowest BCUT2D eigenvalue weighted by atomic mass is 9.79. The summed E-state index contributed by atoms with van der Waals surface area (Å²) in [4.78, 5) is 40.4. The molecule has 8 nitrogen and oxygen atoms in total. The molecule has 0 fully saturated rings. The fraction of sp³-hybridized carbons (Fsp3) is 0.667. The molecule has 202 valence electrons. The summed E-state index contributed by atoms with van der Waals surface area (Å²) in [6, 6.07) is 6.91. The molecule has 1 aliphatic rings. The molecule has 9 heteroatoms. The number of carbonyl (C=O) groups is 3.